The summed E-state index contributed by atoms with van der Waals surface area (Å²) in [6.07, 6.45) is -1.79. The zero-order valence-electron chi connectivity index (χ0n) is 16.1. The number of aliphatic hydroxyl groups is 1. The number of carbonyl (C=O) groups is 2. The molecule has 0 unspecified atom stereocenters. The summed E-state index contributed by atoms with van der Waals surface area (Å²) >= 11 is 3.29. The van der Waals surface area contributed by atoms with Crippen molar-refractivity contribution in [2.75, 3.05) is 6.61 Å². The van der Waals surface area contributed by atoms with Crippen molar-refractivity contribution in [3.63, 3.8) is 0 Å². The van der Waals surface area contributed by atoms with Crippen molar-refractivity contribution in [3.8, 4) is 0 Å². The van der Waals surface area contributed by atoms with Crippen molar-refractivity contribution < 1.29 is 19.4 Å². The molecule has 0 bridgehead atoms. The zero-order valence-corrected chi connectivity index (χ0v) is 17.7. The van der Waals surface area contributed by atoms with Gasteiger partial charge in [0.05, 0.1) is 0 Å². The molecule has 1 saturated heterocycles. The van der Waals surface area contributed by atoms with Crippen LogP contribution in [0.3, 0.4) is 0 Å². The number of imide groups is 1. The van der Waals surface area contributed by atoms with E-state index in [1.54, 1.807) is 0 Å². The van der Waals surface area contributed by atoms with Crippen LogP contribution in [0, 0.1) is 0 Å². The predicted molar refractivity (Wildman–Crippen MR) is 110 cm³/mol. The van der Waals surface area contributed by atoms with Crippen LogP contribution in [0.15, 0.2) is 54.6 Å². The van der Waals surface area contributed by atoms with Crippen LogP contribution in [0.5, 0.6) is 0 Å². The monoisotopic (exact) mass is 445 g/mol. The molecule has 5 nitrogen and oxygen atoms in total. The van der Waals surface area contributed by atoms with Gasteiger partial charge in [0.15, 0.2) is 0 Å². The van der Waals surface area contributed by atoms with E-state index in [1.807, 2.05) is 54.6 Å². The number of halogens is 1. The van der Waals surface area contributed by atoms with Gasteiger partial charge in [0.2, 0.25) is 5.91 Å². The number of rotatable bonds is 4. The predicted octanol–water partition coefficient (Wildman–Crippen LogP) is 4.50. The van der Waals surface area contributed by atoms with E-state index in [-0.39, 0.29) is 12.0 Å². The Morgan fingerprint density at radius 3 is 2.32 bits per heavy atom. The Labute approximate surface area is 173 Å². The summed E-state index contributed by atoms with van der Waals surface area (Å²) < 4.78 is 5.11. The molecule has 3 atom stereocenters. The number of aliphatic hydroxyl groups excluding tert-OH is 1. The average Bonchev–Trinajstić information content (AvgIpc) is 3.07. The van der Waals surface area contributed by atoms with Gasteiger partial charge < -0.3 is 9.84 Å². The second-order valence-electron chi connectivity index (χ2n) is 7.93. The number of cyclic esters (lactones) is 1. The van der Waals surface area contributed by atoms with Crippen LogP contribution in [0.1, 0.15) is 49.6 Å². The van der Waals surface area contributed by atoms with Gasteiger partial charge in [-0.25, -0.2) is 9.69 Å². The summed E-state index contributed by atoms with van der Waals surface area (Å²) in [7, 11) is 0. The summed E-state index contributed by atoms with van der Waals surface area (Å²) in [5, 5.41) is 10.7. The molecule has 6 heteroatoms. The molecule has 1 aliphatic heterocycles. The summed E-state index contributed by atoms with van der Waals surface area (Å²) in [6.45, 7) is 6.43. The van der Waals surface area contributed by atoms with E-state index in [4.69, 9.17) is 4.74 Å². The number of benzene rings is 2. The number of hydrogen-bond acceptors (Lipinski definition) is 4. The molecule has 1 N–H and O–H groups in total. The van der Waals surface area contributed by atoms with Crippen LogP contribution in [-0.4, -0.2) is 33.4 Å². The number of amides is 2. The fourth-order valence-corrected chi connectivity index (χ4v) is 3.73. The molecule has 2 aromatic rings. The highest BCUT2D eigenvalue weighted by molar-refractivity contribution is 9.10. The van der Waals surface area contributed by atoms with Gasteiger partial charge in [-0.2, -0.15) is 0 Å². The molecule has 1 aliphatic rings. The minimum atomic E-state index is -1.09. The average molecular weight is 446 g/mol. The molecule has 0 aromatic heterocycles. The van der Waals surface area contributed by atoms with E-state index < -0.39 is 29.0 Å². The van der Waals surface area contributed by atoms with Gasteiger partial charge in [0.25, 0.3) is 0 Å². The largest absolute Gasteiger partial charge is 0.446 e. The second kappa shape index (κ2) is 8.05. The molecule has 148 valence electrons. The smallest absolute Gasteiger partial charge is 0.417 e. The van der Waals surface area contributed by atoms with Crippen molar-refractivity contribution in [1.29, 1.82) is 0 Å². The molecule has 1 fully saturated rings. The molecule has 28 heavy (non-hydrogen) atoms. The highest BCUT2D eigenvalue weighted by Gasteiger charge is 2.43. The highest BCUT2D eigenvalue weighted by Crippen LogP contribution is 2.33. The molecule has 2 amide bonds. The molecular formula is C22H24BrNO4. The fraction of sp³-hybridized carbons (Fsp3) is 0.364. The summed E-state index contributed by atoms with van der Waals surface area (Å²) in [5.41, 5.74) is 2.54. The molecule has 2 aromatic carbocycles. The minimum absolute atomic E-state index is 0.00464. The second-order valence-corrected chi connectivity index (χ2v) is 8.92. The Morgan fingerprint density at radius 2 is 1.75 bits per heavy atom. The van der Waals surface area contributed by atoms with Crippen LogP contribution in [0.2, 0.25) is 0 Å². The lowest BCUT2D eigenvalue weighted by Crippen LogP contribution is -2.41. The zero-order chi connectivity index (χ0) is 20.5. The number of alkyl halides is 1. The van der Waals surface area contributed by atoms with Crippen LogP contribution < -0.4 is 0 Å². The summed E-state index contributed by atoms with van der Waals surface area (Å²) in [6, 6.07) is 16.3. The fourth-order valence-electron chi connectivity index (χ4n) is 3.20. The Hall–Kier alpha value is -2.18. The summed E-state index contributed by atoms with van der Waals surface area (Å²) in [4.78, 5) is 25.3. The Bertz CT molecular complexity index is 845. The van der Waals surface area contributed by atoms with E-state index in [0.29, 0.717) is 5.56 Å². The number of carbonyl (C=O) groups excluding carboxylic acids is 2. The SMILES string of the molecule is CC(C)(C)c1ccc([C@@H](O)[C@@H](Br)C(=O)N2C(=O)OC[C@H]2c2ccccc2)cc1. The number of hydrogen-bond donors (Lipinski definition) is 1. The lowest BCUT2D eigenvalue weighted by Gasteiger charge is -2.25. The normalized spacial score (nSPS) is 19.2. The van der Waals surface area contributed by atoms with Gasteiger partial charge in [-0.05, 0) is 22.1 Å². The third-order valence-corrected chi connectivity index (χ3v) is 5.82. The van der Waals surface area contributed by atoms with Crippen LogP contribution in [0.4, 0.5) is 4.79 Å². The first-order valence-corrected chi connectivity index (χ1v) is 10.1. The van der Waals surface area contributed by atoms with E-state index in [0.717, 1.165) is 16.0 Å². The summed E-state index contributed by atoms with van der Waals surface area (Å²) in [5.74, 6) is -0.524. The van der Waals surface area contributed by atoms with Gasteiger partial charge in [-0.15, -0.1) is 0 Å². The van der Waals surface area contributed by atoms with Gasteiger partial charge in [0, 0.05) is 0 Å². The van der Waals surface area contributed by atoms with E-state index >= 15 is 0 Å². The van der Waals surface area contributed by atoms with Crippen LogP contribution >= 0.6 is 15.9 Å². The molecule has 0 spiro atoms. The van der Waals surface area contributed by atoms with Crippen molar-refractivity contribution in [3.05, 3.63) is 71.3 Å². The lowest BCUT2D eigenvalue weighted by molar-refractivity contribution is -0.130. The molecule has 0 radical (unpaired) electrons. The first-order valence-electron chi connectivity index (χ1n) is 9.17. The van der Waals surface area contributed by atoms with Crippen molar-refractivity contribution in [1.82, 2.24) is 4.90 Å². The quantitative estimate of drug-likeness (QED) is 0.703. The molecule has 1 heterocycles. The van der Waals surface area contributed by atoms with E-state index in [1.165, 1.54) is 0 Å². The minimum Gasteiger partial charge on any atom is -0.446 e. The molecule has 0 saturated carbocycles. The Balaban J connectivity index is 1.79. The van der Waals surface area contributed by atoms with Crippen molar-refractivity contribution >= 4 is 27.9 Å². The van der Waals surface area contributed by atoms with E-state index in [9.17, 15) is 14.7 Å². The van der Waals surface area contributed by atoms with Gasteiger partial charge in [0.1, 0.15) is 23.6 Å². The standard InChI is InChI=1S/C22H24BrNO4/c1-22(2,3)16-11-9-15(10-12-16)19(25)18(23)20(26)24-17(13-28-21(24)27)14-7-5-4-6-8-14/h4-12,17-19,25H,13H2,1-3H3/t17-,18+,19+/m0/s1. The van der Waals surface area contributed by atoms with Crippen LogP contribution in [-0.2, 0) is 14.9 Å². The molecular weight excluding hydrogens is 422 g/mol. The molecule has 3 rings (SSSR count). The maximum Gasteiger partial charge on any atom is 0.417 e. The lowest BCUT2D eigenvalue weighted by atomic mass is 9.86. The Morgan fingerprint density at radius 1 is 1.14 bits per heavy atom. The van der Waals surface area contributed by atoms with Gasteiger partial charge in [-0.3, -0.25) is 4.79 Å². The molecule has 0 aliphatic carbocycles. The van der Waals surface area contributed by atoms with Crippen molar-refractivity contribution in [2.45, 2.75) is 43.2 Å². The van der Waals surface area contributed by atoms with E-state index in [2.05, 4.69) is 36.7 Å². The third kappa shape index (κ3) is 4.13. The van der Waals surface area contributed by atoms with Crippen molar-refractivity contribution in [2.24, 2.45) is 0 Å². The number of ether oxygens (including phenoxy) is 1. The first-order chi connectivity index (χ1) is 13.2. The highest BCUT2D eigenvalue weighted by atomic mass is 79.9. The maximum atomic E-state index is 13.0. The third-order valence-electron chi connectivity index (χ3n) is 4.93. The first kappa shape index (κ1) is 20.6. The number of nitrogens with zero attached hydrogens (tertiary/aromatic N) is 1. The maximum absolute atomic E-state index is 13.0. The van der Waals surface area contributed by atoms with Gasteiger partial charge >= 0.3 is 6.09 Å². The topological polar surface area (TPSA) is 66.8 Å². The Kier molecular flexibility index (Phi) is 5.91. The van der Waals surface area contributed by atoms with Gasteiger partial charge in [-0.1, -0.05) is 91.3 Å². The van der Waals surface area contributed by atoms with Crippen LogP contribution in [0.25, 0.3) is 0 Å².